The number of ketones is 1. The van der Waals surface area contributed by atoms with Crippen molar-refractivity contribution in [3.8, 4) is 0 Å². The van der Waals surface area contributed by atoms with Crippen molar-refractivity contribution < 1.29 is 104 Å². The molecule has 4 rings (SSSR count). The van der Waals surface area contributed by atoms with Gasteiger partial charge in [0, 0.05) is 18.4 Å². The lowest BCUT2D eigenvalue weighted by molar-refractivity contribution is -0.331. The molecule has 0 amide bonds. The maximum absolute atomic E-state index is 12.4. The molecule has 3 aliphatic heterocycles. The Bertz CT molecular complexity index is 1740. The maximum atomic E-state index is 12.4. The zero-order chi connectivity index (χ0) is 51.8. The van der Waals surface area contributed by atoms with Crippen LogP contribution in [0.2, 0.25) is 0 Å². The minimum absolute atomic E-state index is 0.0399. The molecule has 21 nitrogen and oxygen atoms in total. The first kappa shape index (κ1) is 59.4. The average Bonchev–Trinajstić information content (AvgIpc) is 3.30. The third kappa shape index (κ3) is 14.5. The molecule has 21 heteroatoms. The Morgan fingerprint density at radius 1 is 0.754 bits per heavy atom. The first-order chi connectivity index (χ1) is 32.2. The van der Waals surface area contributed by atoms with Crippen LogP contribution in [0.15, 0.2) is 34.4 Å². The van der Waals surface area contributed by atoms with Gasteiger partial charge in [0.1, 0.15) is 85.1 Å². The van der Waals surface area contributed by atoms with Crippen molar-refractivity contribution in [2.45, 2.75) is 216 Å². The van der Waals surface area contributed by atoms with E-state index in [1.54, 1.807) is 20.8 Å². The SMILES string of the molecule is C/C(=C\CC(O[C@@H]1O[C@H](CO)[C@@H](O)[C@@H](O)[C@H]1O)/C(C)=C/CCC1(C)C(CCCO[C@H]2O[C@H](CO[C@H]3O[C@H](CO)[C@@H](O)[C@@H](O)[C@H]3O)[C@@H](O)[C@@H](O)[C@H]2O)/C(=C(\C)C=O)CC[C@]1(C)O)CCC(=O)C(C)(C)O. The van der Waals surface area contributed by atoms with Crippen LogP contribution < -0.4 is 0 Å². The van der Waals surface area contributed by atoms with Crippen LogP contribution in [0.5, 0.6) is 0 Å². The summed E-state index contributed by atoms with van der Waals surface area (Å²) >= 11 is 0. The summed E-state index contributed by atoms with van der Waals surface area (Å²) in [6, 6.07) is 0. The van der Waals surface area contributed by atoms with Crippen molar-refractivity contribution in [2.75, 3.05) is 26.4 Å². The van der Waals surface area contributed by atoms with Gasteiger partial charge < -0.3 is 94.8 Å². The third-order valence-electron chi connectivity index (χ3n) is 14.7. The fraction of sp³-hybridized carbons (Fsp3) is 0.833. The van der Waals surface area contributed by atoms with E-state index in [9.17, 15) is 76.0 Å². The molecule has 13 N–H and O–H groups in total. The number of aldehydes is 1. The molecular formula is C48H80O21. The number of allylic oxidation sites excluding steroid dienone is 4. The van der Waals surface area contributed by atoms with Crippen molar-refractivity contribution in [3.63, 3.8) is 0 Å². The standard InChI is InChI=1S/C48H80O21/c1-24(13-15-33(52)46(4,5)62)12-14-29(66-45-42(61)38(57)35(54)31(22-51)68-45)25(2)10-8-17-47(6)28(27(26(3)20-49)16-18-48(47,7)63)11-9-19-64-43-40(59)39(58)36(55)32(69-43)23-65-44-41(60)37(56)34(53)30(21-50)67-44/h10,12,20,28-32,34-45,50-51,53-63H,8-9,11,13-19,21-23H2,1-7H3/b24-12+,25-10+,27-26+/t28?,29?,30-,31-,32-,34-,35-,36-,37-,38-,39-,40-,41-,42-,43+,44+,45-,47?,48+/m1/s1. The monoisotopic (exact) mass is 993 g/mol. The first-order valence-electron chi connectivity index (χ1n) is 23.9. The van der Waals surface area contributed by atoms with E-state index < -0.39 is 135 Å². The van der Waals surface area contributed by atoms with Crippen molar-refractivity contribution >= 4 is 12.1 Å². The molecule has 0 bridgehead atoms. The normalized spacial score (nSPS) is 40.6. The number of rotatable bonds is 23. The fourth-order valence-electron chi connectivity index (χ4n) is 9.60. The van der Waals surface area contributed by atoms with Crippen LogP contribution in [0.1, 0.15) is 106 Å². The average molecular weight is 993 g/mol. The van der Waals surface area contributed by atoms with Gasteiger partial charge in [0.05, 0.1) is 31.5 Å². The molecule has 1 aliphatic carbocycles. The Labute approximate surface area is 403 Å². The Kier molecular flexibility index (Phi) is 22.1. The lowest BCUT2D eigenvalue weighted by Gasteiger charge is -2.53. The van der Waals surface area contributed by atoms with E-state index in [2.05, 4.69) is 0 Å². The largest absolute Gasteiger partial charge is 0.394 e. The Balaban J connectivity index is 1.49. The summed E-state index contributed by atoms with van der Waals surface area (Å²) < 4.78 is 34.5. The number of Topliss-reactive ketones (excluding diaryl/α,β-unsaturated/α-hetero) is 1. The van der Waals surface area contributed by atoms with Crippen LogP contribution in [-0.4, -0.2) is 214 Å². The van der Waals surface area contributed by atoms with Crippen LogP contribution in [0.3, 0.4) is 0 Å². The lowest BCUT2D eigenvalue weighted by Crippen LogP contribution is -2.61. The Morgan fingerprint density at radius 3 is 1.83 bits per heavy atom. The summed E-state index contributed by atoms with van der Waals surface area (Å²) in [5.74, 6) is -0.682. The van der Waals surface area contributed by atoms with E-state index in [1.807, 2.05) is 26.0 Å². The molecule has 3 saturated heterocycles. The quantitative estimate of drug-likeness (QED) is 0.0239. The number of carbonyl (C=O) groups is 2. The number of hydrogen-bond acceptors (Lipinski definition) is 21. The van der Waals surface area contributed by atoms with Gasteiger partial charge in [0.25, 0.3) is 0 Å². The highest BCUT2D eigenvalue weighted by Crippen LogP contribution is 2.55. The molecule has 4 aliphatic rings. The molecular weight excluding hydrogens is 913 g/mol. The minimum atomic E-state index is -1.75. The molecule has 0 aromatic heterocycles. The highest BCUT2D eigenvalue weighted by atomic mass is 16.7. The first-order valence-corrected chi connectivity index (χ1v) is 23.9. The molecule has 0 radical (unpaired) electrons. The van der Waals surface area contributed by atoms with Gasteiger partial charge in [0.2, 0.25) is 0 Å². The van der Waals surface area contributed by atoms with Crippen molar-refractivity contribution in [1.29, 1.82) is 0 Å². The number of aliphatic hydroxyl groups is 13. The van der Waals surface area contributed by atoms with E-state index in [-0.39, 0.29) is 31.1 Å². The fourth-order valence-corrected chi connectivity index (χ4v) is 9.60. The second kappa shape index (κ2) is 25.6. The van der Waals surface area contributed by atoms with E-state index in [1.165, 1.54) is 13.8 Å². The molecule has 0 aromatic carbocycles. The molecule has 19 atom stereocenters. The lowest BCUT2D eigenvalue weighted by atomic mass is 9.54. The molecule has 0 spiro atoms. The van der Waals surface area contributed by atoms with Gasteiger partial charge in [-0.3, -0.25) is 9.59 Å². The molecule has 0 aromatic rings. The van der Waals surface area contributed by atoms with E-state index in [0.717, 1.165) is 17.4 Å². The second-order valence-corrected chi connectivity index (χ2v) is 20.2. The minimum Gasteiger partial charge on any atom is -0.394 e. The highest BCUT2D eigenvalue weighted by Gasteiger charge is 2.53. The van der Waals surface area contributed by atoms with E-state index >= 15 is 0 Å². The summed E-state index contributed by atoms with van der Waals surface area (Å²) in [5, 5.41) is 136. The van der Waals surface area contributed by atoms with Crippen LogP contribution >= 0.6 is 0 Å². The second-order valence-electron chi connectivity index (χ2n) is 20.2. The Morgan fingerprint density at radius 2 is 1.28 bits per heavy atom. The Hall–Kier alpha value is -2.20. The third-order valence-corrected chi connectivity index (χ3v) is 14.7. The zero-order valence-corrected chi connectivity index (χ0v) is 40.8. The number of ether oxygens (including phenoxy) is 6. The van der Waals surface area contributed by atoms with Gasteiger partial charge in [0.15, 0.2) is 24.7 Å². The smallest absolute Gasteiger partial charge is 0.187 e. The van der Waals surface area contributed by atoms with Gasteiger partial charge in [-0.2, -0.15) is 0 Å². The zero-order valence-electron chi connectivity index (χ0n) is 40.8. The van der Waals surface area contributed by atoms with Gasteiger partial charge in [-0.15, -0.1) is 0 Å². The summed E-state index contributed by atoms with van der Waals surface area (Å²) in [7, 11) is 0. The van der Waals surface area contributed by atoms with Crippen molar-refractivity contribution in [3.05, 3.63) is 34.4 Å². The predicted molar refractivity (Wildman–Crippen MR) is 242 cm³/mol. The molecule has 69 heavy (non-hydrogen) atoms. The summed E-state index contributed by atoms with van der Waals surface area (Å²) in [6.07, 6.45) is -16.6. The highest BCUT2D eigenvalue weighted by molar-refractivity contribution is 5.86. The molecule has 1 saturated carbocycles. The predicted octanol–water partition coefficient (Wildman–Crippen LogP) is -1.54. The number of hydrogen-bond donors (Lipinski definition) is 13. The van der Waals surface area contributed by atoms with Gasteiger partial charge in [-0.25, -0.2) is 0 Å². The van der Waals surface area contributed by atoms with Crippen LogP contribution in [0.4, 0.5) is 0 Å². The summed E-state index contributed by atoms with van der Waals surface area (Å²) in [5.41, 5.74) is -0.653. The molecule has 4 fully saturated rings. The van der Waals surface area contributed by atoms with Crippen LogP contribution in [0.25, 0.3) is 0 Å². The topological polar surface area (TPSA) is 353 Å². The number of aliphatic hydroxyl groups excluding tert-OH is 11. The molecule has 3 heterocycles. The van der Waals surface area contributed by atoms with E-state index in [4.69, 9.17) is 28.4 Å². The summed E-state index contributed by atoms with van der Waals surface area (Å²) in [4.78, 5) is 24.7. The van der Waals surface area contributed by atoms with E-state index in [0.29, 0.717) is 56.1 Å². The maximum Gasteiger partial charge on any atom is 0.187 e. The van der Waals surface area contributed by atoms with Crippen LogP contribution in [-0.2, 0) is 38.0 Å². The molecule has 3 unspecified atom stereocenters. The van der Waals surface area contributed by atoms with Gasteiger partial charge in [-0.1, -0.05) is 30.2 Å². The summed E-state index contributed by atoms with van der Waals surface area (Å²) in [6.45, 7) is 9.99. The van der Waals surface area contributed by atoms with Crippen molar-refractivity contribution in [2.24, 2.45) is 11.3 Å². The van der Waals surface area contributed by atoms with Crippen LogP contribution in [0, 0.1) is 11.3 Å². The molecule has 398 valence electrons. The van der Waals surface area contributed by atoms with Gasteiger partial charge >= 0.3 is 0 Å². The van der Waals surface area contributed by atoms with Crippen molar-refractivity contribution in [1.82, 2.24) is 0 Å². The number of carbonyl (C=O) groups excluding carboxylic acids is 2. The van der Waals surface area contributed by atoms with Gasteiger partial charge in [-0.05, 0) is 110 Å².